The highest BCUT2D eigenvalue weighted by molar-refractivity contribution is 6.35. The molecule has 2 rings (SSSR count). The van der Waals surface area contributed by atoms with E-state index < -0.39 is 0 Å². The number of hydrogen-bond acceptors (Lipinski definition) is 4. The van der Waals surface area contributed by atoms with Crippen molar-refractivity contribution in [3.63, 3.8) is 0 Å². The number of nitrogens with zero attached hydrogens (tertiary/aromatic N) is 2. The van der Waals surface area contributed by atoms with Crippen LogP contribution in [0.15, 0.2) is 22.7 Å². The van der Waals surface area contributed by atoms with E-state index in [1.165, 1.54) is 0 Å². The highest BCUT2D eigenvalue weighted by Crippen LogP contribution is 2.25. The molecule has 0 bridgehead atoms. The summed E-state index contributed by atoms with van der Waals surface area (Å²) < 4.78 is 5.18. The molecule has 1 heterocycles. The lowest BCUT2D eigenvalue weighted by atomic mass is 10.2. The Morgan fingerprint density at radius 2 is 1.95 bits per heavy atom. The second-order valence-corrected chi connectivity index (χ2v) is 5.23. The van der Waals surface area contributed by atoms with Crippen LogP contribution in [-0.2, 0) is 6.54 Å². The maximum atomic E-state index is 5.95. The topological polar surface area (TPSA) is 51.0 Å². The Balaban J connectivity index is 2.12. The first-order valence-corrected chi connectivity index (χ1v) is 6.86. The first-order valence-electron chi connectivity index (χ1n) is 6.11. The predicted octanol–water partition coefficient (Wildman–Crippen LogP) is 3.93. The summed E-state index contributed by atoms with van der Waals surface area (Å²) in [7, 11) is 0. The number of aromatic nitrogens is 2. The molecule has 0 saturated heterocycles. The zero-order chi connectivity index (χ0) is 13.8. The molecule has 0 aliphatic carbocycles. The van der Waals surface area contributed by atoms with E-state index in [-0.39, 0.29) is 0 Å². The molecular formula is C13H15Cl2N3O. The smallest absolute Gasteiger partial charge is 0.240 e. The summed E-state index contributed by atoms with van der Waals surface area (Å²) in [6.07, 6.45) is 1.05. The predicted molar refractivity (Wildman–Crippen MR) is 76.3 cm³/mol. The van der Waals surface area contributed by atoms with Crippen LogP contribution in [0.5, 0.6) is 0 Å². The van der Waals surface area contributed by atoms with Crippen LogP contribution in [0.4, 0.5) is 0 Å². The van der Waals surface area contributed by atoms with Crippen molar-refractivity contribution in [1.29, 1.82) is 0 Å². The van der Waals surface area contributed by atoms with Crippen molar-refractivity contribution in [1.82, 2.24) is 15.5 Å². The Bertz CT molecular complexity index is 536. The monoisotopic (exact) mass is 299 g/mol. The van der Waals surface area contributed by atoms with Crippen LogP contribution in [-0.4, -0.2) is 16.2 Å². The Labute approximate surface area is 122 Å². The van der Waals surface area contributed by atoms with Gasteiger partial charge in [-0.05, 0) is 31.5 Å². The summed E-state index contributed by atoms with van der Waals surface area (Å²) in [5, 5.41) is 8.31. The minimum Gasteiger partial charge on any atom is -0.338 e. The zero-order valence-electron chi connectivity index (χ0n) is 10.8. The van der Waals surface area contributed by atoms with Crippen molar-refractivity contribution >= 4 is 23.2 Å². The minimum atomic E-state index is 0.413. The summed E-state index contributed by atoms with van der Waals surface area (Å²) in [6, 6.07) is 5.59. The van der Waals surface area contributed by atoms with E-state index in [0.717, 1.165) is 12.0 Å². The second kappa shape index (κ2) is 6.37. The maximum absolute atomic E-state index is 5.95. The van der Waals surface area contributed by atoms with Gasteiger partial charge in [0.05, 0.1) is 6.54 Å². The molecule has 1 atom stereocenters. The highest BCUT2D eigenvalue weighted by atomic mass is 35.5. The lowest BCUT2D eigenvalue weighted by Gasteiger charge is -2.07. The van der Waals surface area contributed by atoms with Crippen molar-refractivity contribution in [3.8, 4) is 11.4 Å². The molecule has 0 aliphatic rings. The summed E-state index contributed by atoms with van der Waals surface area (Å²) in [5.41, 5.74) is 0.746. The lowest BCUT2D eigenvalue weighted by Crippen LogP contribution is -2.24. The van der Waals surface area contributed by atoms with Crippen LogP contribution in [0.3, 0.4) is 0 Å². The SMILES string of the molecule is CCC(C)NCc1nc(-c2cc(Cl)cc(Cl)c2)no1. The Morgan fingerprint density at radius 3 is 2.58 bits per heavy atom. The molecule has 1 N–H and O–H groups in total. The molecule has 6 heteroatoms. The van der Waals surface area contributed by atoms with Gasteiger partial charge < -0.3 is 9.84 Å². The molecule has 102 valence electrons. The zero-order valence-corrected chi connectivity index (χ0v) is 12.3. The third kappa shape index (κ3) is 3.93. The van der Waals surface area contributed by atoms with Gasteiger partial charge in [0.15, 0.2) is 0 Å². The summed E-state index contributed by atoms with van der Waals surface area (Å²) in [5.74, 6) is 1.04. The highest BCUT2D eigenvalue weighted by Gasteiger charge is 2.10. The van der Waals surface area contributed by atoms with Gasteiger partial charge in [-0.1, -0.05) is 35.3 Å². The van der Waals surface area contributed by atoms with E-state index in [9.17, 15) is 0 Å². The number of rotatable bonds is 5. The summed E-state index contributed by atoms with van der Waals surface area (Å²) in [6.45, 7) is 4.77. The van der Waals surface area contributed by atoms with E-state index in [1.807, 2.05) is 0 Å². The van der Waals surface area contributed by atoms with Crippen LogP contribution < -0.4 is 5.32 Å². The van der Waals surface area contributed by atoms with Crippen LogP contribution in [0.1, 0.15) is 26.2 Å². The number of benzene rings is 1. The van der Waals surface area contributed by atoms with Crippen LogP contribution in [0, 0.1) is 0 Å². The first kappa shape index (κ1) is 14.3. The molecule has 2 aromatic rings. The van der Waals surface area contributed by atoms with E-state index >= 15 is 0 Å². The minimum absolute atomic E-state index is 0.413. The molecule has 1 aromatic heterocycles. The normalized spacial score (nSPS) is 12.6. The van der Waals surface area contributed by atoms with Gasteiger partial charge in [0.1, 0.15) is 0 Å². The fraction of sp³-hybridized carbons (Fsp3) is 0.385. The average molecular weight is 300 g/mol. The van der Waals surface area contributed by atoms with Crippen LogP contribution in [0.2, 0.25) is 10.0 Å². The molecule has 4 nitrogen and oxygen atoms in total. The van der Waals surface area contributed by atoms with Crippen LogP contribution in [0.25, 0.3) is 11.4 Å². The average Bonchev–Trinajstić information content (AvgIpc) is 2.83. The molecule has 0 radical (unpaired) electrons. The molecule has 1 unspecified atom stereocenters. The number of halogens is 2. The first-order chi connectivity index (χ1) is 9.08. The number of hydrogen-bond donors (Lipinski definition) is 1. The molecule has 0 aliphatic heterocycles. The fourth-order valence-corrected chi connectivity index (χ4v) is 2.06. The third-order valence-corrected chi connectivity index (χ3v) is 3.24. The van der Waals surface area contributed by atoms with E-state index in [2.05, 4.69) is 29.3 Å². The van der Waals surface area contributed by atoms with Crippen molar-refractivity contribution in [2.75, 3.05) is 0 Å². The van der Waals surface area contributed by atoms with E-state index in [1.54, 1.807) is 18.2 Å². The van der Waals surface area contributed by atoms with Crippen LogP contribution >= 0.6 is 23.2 Å². The van der Waals surface area contributed by atoms with Crippen molar-refractivity contribution < 1.29 is 4.52 Å². The van der Waals surface area contributed by atoms with Gasteiger partial charge in [0.25, 0.3) is 0 Å². The van der Waals surface area contributed by atoms with Crippen molar-refractivity contribution in [2.45, 2.75) is 32.9 Å². The lowest BCUT2D eigenvalue weighted by molar-refractivity contribution is 0.358. The van der Waals surface area contributed by atoms with Crippen molar-refractivity contribution in [2.24, 2.45) is 0 Å². The molecule has 1 aromatic carbocycles. The fourth-order valence-electron chi connectivity index (χ4n) is 1.53. The Morgan fingerprint density at radius 1 is 1.26 bits per heavy atom. The van der Waals surface area contributed by atoms with Crippen molar-refractivity contribution in [3.05, 3.63) is 34.1 Å². The Hall–Kier alpha value is -1.10. The second-order valence-electron chi connectivity index (χ2n) is 4.36. The Kier molecular flexibility index (Phi) is 4.80. The van der Waals surface area contributed by atoms with E-state index in [0.29, 0.717) is 34.3 Å². The molecular weight excluding hydrogens is 285 g/mol. The third-order valence-electron chi connectivity index (χ3n) is 2.80. The van der Waals surface area contributed by atoms with Gasteiger partial charge in [0, 0.05) is 21.7 Å². The molecule has 0 saturated carbocycles. The maximum Gasteiger partial charge on any atom is 0.240 e. The standard InChI is InChI=1S/C13H15Cl2N3O/c1-3-8(2)16-7-12-17-13(18-19-12)9-4-10(14)6-11(15)5-9/h4-6,8,16H,3,7H2,1-2H3. The van der Waals surface area contributed by atoms with E-state index in [4.69, 9.17) is 27.7 Å². The van der Waals surface area contributed by atoms with Gasteiger partial charge in [0.2, 0.25) is 11.7 Å². The quantitative estimate of drug-likeness (QED) is 0.909. The molecule has 0 spiro atoms. The molecule has 0 fully saturated rings. The largest absolute Gasteiger partial charge is 0.338 e. The summed E-state index contributed by atoms with van der Waals surface area (Å²) in [4.78, 5) is 4.31. The van der Waals surface area contributed by atoms with Gasteiger partial charge in [-0.15, -0.1) is 0 Å². The molecule has 19 heavy (non-hydrogen) atoms. The van der Waals surface area contributed by atoms with Gasteiger partial charge in [-0.3, -0.25) is 0 Å². The van der Waals surface area contributed by atoms with Gasteiger partial charge in [-0.25, -0.2) is 0 Å². The van der Waals surface area contributed by atoms with Gasteiger partial charge >= 0.3 is 0 Å². The summed E-state index contributed by atoms with van der Waals surface area (Å²) >= 11 is 11.9. The van der Waals surface area contributed by atoms with Gasteiger partial charge in [-0.2, -0.15) is 4.98 Å². The number of nitrogens with one attached hydrogen (secondary N) is 1. The molecule has 0 amide bonds.